The van der Waals surface area contributed by atoms with Crippen LogP contribution in [0.2, 0.25) is 0 Å². The second kappa shape index (κ2) is 3.21. The molecule has 0 aromatic heterocycles. The minimum atomic E-state index is 0.0734. The van der Waals surface area contributed by atoms with Gasteiger partial charge in [0.05, 0.1) is 11.7 Å². The average Bonchev–Trinajstić information content (AvgIpc) is 2.66. The SMILES string of the molecule is CC1(C)CCC(C)(C)C12CC[C@@H](CN)O2. The second-order valence-electron chi connectivity index (χ2n) is 6.61. The van der Waals surface area contributed by atoms with E-state index in [1.165, 1.54) is 19.3 Å². The van der Waals surface area contributed by atoms with Crippen LogP contribution in [-0.4, -0.2) is 18.2 Å². The first-order chi connectivity index (χ1) is 6.85. The molecule has 2 rings (SSSR count). The van der Waals surface area contributed by atoms with E-state index in [4.69, 9.17) is 10.5 Å². The lowest BCUT2D eigenvalue weighted by molar-refractivity contribution is -0.147. The van der Waals surface area contributed by atoms with Crippen LogP contribution in [0.25, 0.3) is 0 Å². The Morgan fingerprint density at radius 2 is 1.60 bits per heavy atom. The van der Waals surface area contributed by atoms with Crippen LogP contribution in [0, 0.1) is 10.8 Å². The molecule has 0 aromatic rings. The van der Waals surface area contributed by atoms with Crippen LogP contribution in [-0.2, 0) is 4.74 Å². The summed E-state index contributed by atoms with van der Waals surface area (Å²) in [5.74, 6) is 0. The Kier molecular flexibility index (Phi) is 2.44. The molecular formula is C13H25NO. The fourth-order valence-electron chi connectivity index (χ4n) is 3.87. The van der Waals surface area contributed by atoms with E-state index >= 15 is 0 Å². The van der Waals surface area contributed by atoms with Gasteiger partial charge in [0.1, 0.15) is 0 Å². The van der Waals surface area contributed by atoms with Crippen molar-refractivity contribution in [1.29, 1.82) is 0 Å². The van der Waals surface area contributed by atoms with Crippen LogP contribution < -0.4 is 5.73 Å². The maximum Gasteiger partial charge on any atom is 0.0789 e. The molecule has 1 saturated carbocycles. The molecule has 1 aliphatic heterocycles. The van der Waals surface area contributed by atoms with Crippen molar-refractivity contribution in [3.63, 3.8) is 0 Å². The Labute approximate surface area is 93.6 Å². The van der Waals surface area contributed by atoms with E-state index in [0.717, 1.165) is 6.42 Å². The zero-order chi connectivity index (χ0) is 11.3. The monoisotopic (exact) mass is 211 g/mol. The van der Waals surface area contributed by atoms with Gasteiger partial charge in [-0.05, 0) is 36.5 Å². The molecule has 88 valence electrons. The third-order valence-corrected chi connectivity index (χ3v) is 5.01. The van der Waals surface area contributed by atoms with Crippen molar-refractivity contribution in [2.45, 2.75) is 65.1 Å². The summed E-state index contributed by atoms with van der Waals surface area (Å²) >= 11 is 0. The molecule has 1 heterocycles. The fraction of sp³-hybridized carbons (Fsp3) is 1.00. The summed E-state index contributed by atoms with van der Waals surface area (Å²) in [4.78, 5) is 0. The van der Waals surface area contributed by atoms with Crippen LogP contribution in [0.1, 0.15) is 53.4 Å². The lowest BCUT2D eigenvalue weighted by Gasteiger charge is -2.46. The number of hydrogen-bond acceptors (Lipinski definition) is 2. The van der Waals surface area contributed by atoms with Crippen molar-refractivity contribution in [1.82, 2.24) is 0 Å². The van der Waals surface area contributed by atoms with E-state index in [0.29, 0.717) is 23.5 Å². The highest BCUT2D eigenvalue weighted by molar-refractivity contribution is 5.12. The summed E-state index contributed by atoms with van der Waals surface area (Å²) in [6.45, 7) is 10.1. The lowest BCUT2D eigenvalue weighted by atomic mass is 9.66. The summed E-state index contributed by atoms with van der Waals surface area (Å²) in [6.07, 6.45) is 5.17. The van der Waals surface area contributed by atoms with E-state index in [9.17, 15) is 0 Å². The van der Waals surface area contributed by atoms with Gasteiger partial charge in [0.2, 0.25) is 0 Å². The molecule has 0 radical (unpaired) electrons. The van der Waals surface area contributed by atoms with Crippen molar-refractivity contribution < 1.29 is 4.74 Å². The first kappa shape index (κ1) is 11.4. The Hall–Kier alpha value is -0.0800. The molecule has 0 bridgehead atoms. The van der Waals surface area contributed by atoms with Gasteiger partial charge >= 0.3 is 0 Å². The molecule has 2 aliphatic rings. The predicted molar refractivity (Wildman–Crippen MR) is 62.7 cm³/mol. The number of hydrogen-bond donors (Lipinski definition) is 1. The van der Waals surface area contributed by atoms with Gasteiger partial charge in [0.15, 0.2) is 0 Å². The van der Waals surface area contributed by atoms with Crippen LogP contribution in [0.4, 0.5) is 0 Å². The van der Waals surface area contributed by atoms with E-state index in [-0.39, 0.29) is 5.60 Å². The zero-order valence-corrected chi connectivity index (χ0v) is 10.6. The smallest absolute Gasteiger partial charge is 0.0789 e. The molecular weight excluding hydrogens is 186 g/mol. The number of rotatable bonds is 1. The standard InChI is InChI=1S/C13H25NO/c1-11(2)7-8-12(3,4)13(11)6-5-10(9-14)15-13/h10H,5-9,14H2,1-4H3/t10-/m0/s1. The Bertz CT molecular complexity index is 241. The second-order valence-corrected chi connectivity index (χ2v) is 6.61. The normalized spacial score (nSPS) is 36.2. The highest BCUT2D eigenvalue weighted by Gasteiger charge is 2.63. The average molecular weight is 211 g/mol. The van der Waals surface area contributed by atoms with Gasteiger partial charge in [0, 0.05) is 6.54 Å². The van der Waals surface area contributed by atoms with Crippen LogP contribution >= 0.6 is 0 Å². The van der Waals surface area contributed by atoms with Gasteiger partial charge in [0.25, 0.3) is 0 Å². The third-order valence-electron chi connectivity index (χ3n) is 5.01. The molecule has 1 aliphatic carbocycles. The van der Waals surface area contributed by atoms with Crippen molar-refractivity contribution >= 4 is 0 Å². The van der Waals surface area contributed by atoms with Crippen LogP contribution in [0.3, 0.4) is 0 Å². The largest absolute Gasteiger partial charge is 0.369 e. The van der Waals surface area contributed by atoms with Crippen LogP contribution in [0.15, 0.2) is 0 Å². The van der Waals surface area contributed by atoms with Gasteiger partial charge in [-0.1, -0.05) is 27.7 Å². The van der Waals surface area contributed by atoms with Crippen molar-refractivity contribution in [3.8, 4) is 0 Å². The third kappa shape index (κ3) is 1.38. The highest BCUT2D eigenvalue weighted by Crippen LogP contribution is 2.63. The highest BCUT2D eigenvalue weighted by atomic mass is 16.5. The minimum Gasteiger partial charge on any atom is -0.369 e. The first-order valence-electron chi connectivity index (χ1n) is 6.23. The Morgan fingerprint density at radius 3 is 2.00 bits per heavy atom. The molecule has 0 unspecified atom stereocenters. The molecule has 2 N–H and O–H groups in total. The van der Waals surface area contributed by atoms with Gasteiger partial charge in [-0.3, -0.25) is 0 Å². The summed E-state index contributed by atoms with van der Waals surface area (Å²) in [5.41, 5.74) is 6.42. The first-order valence-corrected chi connectivity index (χ1v) is 6.23. The minimum absolute atomic E-state index is 0.0734. The summed E-state index contributed by atoms with van der Waals surface area (Å²) in [5, 5.41) is 0. The predicted octanol–water partition coefficient (Wildman–Crippen LogP) is 2.71. The zero-order valence-electron chi connectivity index (χ0n) is 10.6. The molecule has 2 fully saturated rings. The van der Waals surface area contributed by atoms with Gasteiger partial charge < -0.3 is 10.5 Å². The summed E-state index contributed by atoms with van der Waals surface area (Å²) in [7, 11) is 0. The van der Waals surface area contributed by atoms with Gasteiger partial charge in [-0.2, -0.15) is 0 Å². The molecule has 2 nitrogen and oxygen atoms in total. The molecule has 2 heteroatoms. The fourth-order valence-corrected chi connectivity index (χ4v) is 3.87. The molecule has 0 aromatic carbocycles. The Morgan fingerprint density at radius 1 is 1.07 bits per heavy atom. The van der Waals surface area contributed by atoms with Gasteiger partial charge in [-0.15, -0.1) is 0 Å². The van der Waals surface area contributed by atoms with Crippen LogP contribution in [0.5, 0.6) is 0 Å². The molecule has 1 spiro atoms. The maximum absolute atomic E-state index is 6.36. The number of ether oxygens (including phenoxy) is 1. The van der Waals surface area contributed by atoms with E-state index in [2.05, 4.69) is 27.7 Å². The molecule has 1 atom stereocenters. The molecule has 0 amide bonds. The van der Waals surface area contributed by atoms with Gasteiger partial charge in [-0.25, -0.2) is 0 Å². The topological polar surface area (TPSA) is 35.2 Å². The maximum atomic E-state index is 6.36. The number of nitrogens with two attached hydrogens (primary N) is 1. The quantitative estimate of drug-likeness (QED) is 0.724. The van der Waals surface area contributed by atoms with Crippen molar-refractivity contribution in [3.05, 3.63) is 0 Å². The van der Waals surface area contributed by atoms with E-state index in [1.54, 1.807) is 0 Å². The van der Waals surface area contributed by atoms with E-state index in [1.807, 2.05) is 0 Å². The molecule has 15 heavy (non-hydrogen) atoms. The van der Waals surface area contributed by atoms with E-state index < -0.39 is 0 Å². The summed E-state index contributed by atoms with van der Waals surface area (Å²) < 4.78 is 6.36. The van der Waals surface area contributed by atoms with Crippen molar-refractivity contribution in [2.75, 3.05) is 6.54 Å². The molecule has 1 saturated heterocycles. The van der Waals surface area contributed by atoms with Crippen molar-refractivity contribution in [2.24, 2.45) is 16.6 Å². The Balaban J connectivity index is 2.32. The lowest BCUT2D eigenvalue weighted by Crippen LogP contribution is -2.50. The summed E-state index contributed by atoms with van der Waals surface area (Å²) in [6, 6.07) is 0.